The number of guanidine groups is 1. The Balaban J connectivity index is 0.00000341. The third-order valence-corrected chi connectivity index (χ3v) is 5.46. The Hall–Kier alpha value is -2.20. The van der Waals surface area contributed by atoms with Crippen molar-refractivity contribution in [3.8, 4) is 17.2 Å². The maximum atomic E-state index is 6.11. The van der Waals surface area contributed by atoms with Crippen LogP contribution in [-0.2, 0) is 6.54 Å². The molecule has 3 rings (SSSR count). The van der Waals surface area contributed by atoms with Crippen LogP contribution in [0.3, 0.4) is 0 Å². The number of likely N-dealkylation sites (tertiary alicyclic amines) is 1. The molecule has 0 amide bonds. The van der Waals surface area contributed by atoms with Crippen LogP contribution in [-0.4, -0.2) is 51.8 Å². The van der Waals surface area contributed by atoms with E-state index in [-0.39, 0.29) is 24.0 Å². The molecule has 1 saturated heterocycles. The highest BCUT2D eigenvalue weighted by molar-refractivity contribution is 14.0. The summed E-state index contributed by atoms with van der Waals surface area (Å²) < 4.78 is 15.9. The third kappa shape index (κ3) is 7.46. The normalized spacial score (nSPS) is 15.1. The van der Waals surface area contributed by atoms with Crippen LogP contribution >= 0.6 is 24.0 Å². The van der Waals surface area contributed by atoms with Crippen molar-refractivity contribution in [2.24, 2.45) is 16.6 Å². The van der Waals surface area contributed by atoms with E-state index >= 15 is 0 Å². The lowest BCUT2D eigenvalue weighted by Crippen LogP contribution is -2.34. The number of anilines is 1. The average molecular weight is 540 g/mol. The summed E-state index contributed by atoms with van der Waals surface area (Å²) in [6.45, 7) is 3.84. The molecular formula is C23H33IN4O3. The van der Waals surface area contributed by atoms with Gasteiger partial charge < -0.3 is 25.3 Å². The van der Waals surface area contributed by atoms with Crippen molar-refractivity contribution in [3.05, 3.63) is 48.0 Å². The molecular weight excluding hydrogens is 507 g/mol. The Kier molecular flexibility index (Phi) is 10.2. The van der Waals surface area contributed by atoms with Gasteiger partial charge in [-0.15, -0.1) is 24.0 Å². The van der Waals surface area contributed by atoms with Gasteiger partial charge in [0.05, 0.1) is 27.0 Å². The van der Waals surface area contributed by atoms with Gasteiger partial charge in [-0.2, -0.15) is 0 Å². The summed E-state index contributed by atoms with van der Waals surface area (Å²) >= 11 is 0. The first-order valence-electron chi connectivity index (χ1n) is 10.3. The predicted octanol–water partition coefficient (Wildman–Crippen LogP) is 3.97. The van der Waals surface area contributed by atoms with E-state index in [1.54, 1.807) is 21.3 Å². The lowest BCUT2D eigenvalue weighted by molar-refractivity contribution is 0.180. The Morgan fingerprint density at radius 1 is 1.00 bits per heavy atom. The monoisotopic (exact) mass is 540 g/mol. The minimum absolute atomic E-state index is 0. The van der Waals surface area contributed by atoms with Crippen molar-refractivity contribution in [2.75, 3.05) is 46.3 Å². The molecule has 1 aliphatic heterocycles. The zero-order valence-corrected chi connectivity index (χ0v) is 20.8. The van der Waals surface area contributed by atoms with Crippen LogP contribution in [0.5, 0.6) is 17.2 Å². The molecule has 0 bridgehead atoms. The molecule has 170 valence electrons. The fraction of sp³-hybridized carbons (Fsp3) is 0.435. The van der Waals surface area contributed by atoms with Gasteiger partial charge in [-0.25, -0.2) is 0 Å². The number of hydrogen-bond donors (Lipinski definition) is 2. The van der Waals surface area contributed by atoms with E-state index in [0.29, 0.717) is 17.6 Å². The van der Waals surface area contributed by atoms with Crippen LogP contribution in [0.4, 0.5) is 5.69 Å². The highest BCUT2D eigenvalue weighted by atomic mass is 127. The largest absolute Gasteiger partial charge is 0.497 e. The molecule has 1 fully saturated rings. The molecule has 2 aromatic rings. The average Bonchev–Trinajstić information content (AvgIpc) is 2.79. The minimum atomic E-state index is 0. The molecule has 0 saturated carbocycles. The Labute approximate surface area is 202 Å². The first kappa shape index (κ1) is 25.1. The van der Waals surface area contributed by atoms with E-state index in [2.05, 4.69) is 27.3 Å². The number of aliphatic imine (C=N–C) groups is 1. The second-order valence-electron chi connectivity index (χ2n) is 7.48. The van der Waals surface area contributed by atoms with E-state index < -0.39 is 0 Å². The molecule has 0 radical (unpaired) electrons. The number of nitrogens with zero attached hydrogens (tertiary/aromatic N) is 2. The summed E-state index contributed by atoms with van der Waals surface area (Å²) in [6, 6.07) is 13.8. The number of ether oxygens (including phenoxy) is 3. The van der Waals surface area contributed by atoms with Crippen molar-refractivity contribution in [1.82, 2.24) is 4.90 Å². The maximum Gasteiger partial charge on any atom is 0.193 e. The molecule has 0 aliphatic carbocycles. The van der Waals surface area contributed by atoms with Crippen molar-refractivity contribution in [1.29, 1.82) is 0 Å². The van der Waals surface area contributed by atoms with Gasteiger partial charge in [-0.1, -0.05) is 12.1 Å². The summed E-state index contributed by atoms with van der Waals surface area (Å²) in [6.07, 6.45) is 2.24. The summed E-state index contributed by atoms with van der Waals surface area (Å²) in [7, 11) is 4.95. The zero-order chi connectivity index (χ0) is 21.3. The van der Waals surface area contributed by atoms with E-state index in [9.17, 15) is 0 Å². The lowest BCUT2D eigenvalue weighted by Gasteiger charge is -2.31. The molecule has 8 heteroatoms. The van der Waals surface area contributed by atoms with Crippen molar-refractivity contribution in [2.45, 2.75) is 19.4 Å². The lowest BCUT2D eigenvalue weighted by atomic mass is 9.96. The van der Waals surface area contributed by atoms with Crippen molar-refractivity contribution < 1.29 is 14.2 Å². The van der Waals surface area contributed by atoms with Crippen LogP contribution in [0.1, 0.15) is 18.4 Å². The molecule has 0 unspecified atom stereocenters. The standard InChI is InChI=1S/C23H32N4O3.HI/c1-28-19-6-4-18(5-7-19)16-27-12-10-17(11-13-27)15-25-23(24)26-21-14-20(29-2)8-9-22(21)30-3;/h4-9,14,17H,10-13,15-16H2,1-3H3,(H3,24,25,26);1H. The van der Waals surface area contributed by atoms with Gasteiger partial charge in [-0.3, -0.25) is 9.89 Å². The third-order valence-electron chi connectivity index (χ3n) is 5.46. The van der Waals surface area contributed by atoms with Crippen LogP contribution in [0.15, 0.2) is 47.5 Å². The van der Waals surface area contributed by atoms with Crippen LogP contribution < -0.4 is 25.3 Å². The molecule has 1 heterocycles. The van der Waals surface area contributed by atoms with Gasteiger partial charge in [0.2, 0.25) is 0 Å². The number of halogens is 1. The van der Waals surface area contributed by atoms with Gasteiger partial charge >= 0.3 is 0 Å². The van der Waals surface area contributed by atoms with Gasteiger partial charge in [0.15, 0.2) is 5.96 Å². The number of nitrogens with two attached hydrogens (primary N) is 1. The van der Waals surface area contributed by atoms with Gasteiger partial charge in [0.25, 0.3) is 0 Å². The van der Waals surface area contributed by atoms with Crippen LogP contribution in [0, 0.1) is 5.92 Å². The fourth-order valence-corrected chi connectivity index (χ4v) is 3.63. The summed E-state index contributed by atoms with van der Waals surface area (Å²) in [5.41, 5.74) is 8.17. The van der Waals surface area contributed by atoms with Gasteiger partial charge in [0.1, 0.15) is 17.2 Å². The van der Waals surface area contributed by atoms with Crippen LogP contribution in [0.25, 0.3) is 0 Å². The Bertz CT molecular complexity index is 837. The Morgan fingerprint density at radius 3 is 2.26 bits per heavy atom. The molecule has 0 aromatic heterocycles. The second kappa shape index (κ2) is 12.6. The van der Waals surface area contributed by atoms with Crippen molar-refractivity contribution in [3.63, 3.8) is 0 Å². The smallest absolute Gasteiger partial charge is 0.193 e. The number of methoxy groups -OCH3 is 3. The van der Waals surface area contributed by atoms with E-state index in [1.165, 1.54) is 5.56 Å². The first-order valence-corrected chi connectivity index (χ1v) is 10.3. The number of hydrogen-bond acceptors (Lipinski definition) is 5. The number of benzene rings is 2. The first-order chi connectivity index (χ1) is 14.6. The molecule has 31 heavy (non-hydrogen) atoms. The zero-order valence-electron chi connectivity index (χ0n) is 18.5. The fourth-order valence-electron chi connectivity index (χ4n) is 3.63. The van der Waals surface area contributed by atoms with Crippen molar-refractivity contribution >= 4 is 35.6 Å². The van der Waals surface area contributed by atoms with E-state index in [1.807, 2.05) is 30.3 Å². The topological polar surface area (TPSA) is 81.3 Å². The number of rotatable bonds is 8. The predicted molar refractivity (Wildman–Crippen MR) is 136 cm³/mol. The molecule has 0 atom stereocenters. The summed E-state index contributed by atoms with van der Waals surface area (Å²) in [5.74, 6) is 3.26. The Morgan fingerprint density at radius 2 is 1.65 bits per heavy atom. The van der Waals surface area contributed by atoms with E-state index in [4.69, 9.17) is 19.9 Å². The van der Waals surface area contributed by atoms with Gasteiger partial charge in [-0.05, 0) is 61.7 Å². The quantitative estimate of drug-likeness (QED) is 0.300. The molecule has 0 spiro atoms. The maximum absolute atomic E-state index is 6.11. The second-order valence-corrected chi connectivity index (χ2v) is 7.48. The van der Waals surface area contributed by atoms with Gasteiger partial charge in [0, 0.05) is 19.2 Å². The highest BCUT2D eigenvalue weighted by Gasteiger charge is 2.19. The minimum Gasteiger partial charge on any atom is -0.497 e. The SMILES string of the molecule is COc1ccc(CN2CCC(CN=C(N)Nc3cc(OC)ccc3OC)CC2)cc1.I. The van der Waals surface area contributed by atoms with E-state index in [0.717, 1.165) is 56.2 Å². The number of piperidine rings is 1. The molecule has 2 aromatic carbocycles. The molecule has 1 aliphatic rings. The molecule has 3 N–H and O–H groups in total. The number of nitrogens with one attached hydrogen (secondary N) is 1. The summed E-state index contributed by atoms with van der Waals surface area (Å²) in [5, 5.41) is 3.13. The summed E-state index contributed by atoms with van der Waals surface area (Å²) in [4.78, 5) is 7.05. The van der Waals surface area contributed by atoms with Crippen LogP contribution in [0.2, 0.25) is 0 Å². The highest BCUT2D eigenvalue weighted by Crippen LogP contribution is 2.28. The molecule has 7 nitrogen and oxygen atoms in total.